The molecule has 13 heteroatoms. The molecule has 3 heterocycles. The smallest absolute Gasteiger partial charge is 0.243 e. The van der Waals surface area contributed by atoms with Crippen LogP contribution in [0.25, 0.3) is 10.7 Å². The Balaban J connectivity index is 1.43. The fourth-order valence-corrected chi connectivity index (χ4v) is 5.89. The van der Waals surface area contributed by atoms with Crippen molar-refractivity contribution in [3.05, 3.63) is 41.3 Å². The third kappa shape index (κ3) is 4.81. The van der Waals surface area contributed by atoms with Crippen molar-refractivity contribution in [2.24, 2.45) is 0 Å². The number of aryl methyl sites for hydroxylation is 1. The molecule has 170 valence electrons. The van der Waals surface area contributed by atoms with Crippen LogP contribution < -0.4 is 11.2 Å². The minimum absolute atomic E-state index is 0.0413. The van der Waals surface area contributed by atoms with Crippen LogP contribution in [0.5, 0.6) is 0 Å². The quantitative estimate of drug-likeness (QED) is 0.375. The van der Waals surface area contributed by atoms with E-state index in [1.54, 1.807) is 19.1 Å². The van der Waals surface area contributed by atoms with E-state index in [0.29, 0.717) is 43.0 Å². The number of aromatic nitrogens is 3. The van der Waals surface area contributed by atoms with Crippen LogP contribution in [0.15, 0.2) is 45.8 Å². The number of hydrogen-bond acceptors (Lipinski definition) is 9. The minimum atomic E-state index is -3.66. The summed E-state index contributed by atoms with van der Waals surface area (Å²) in [5.74, 6) is 6.32. The maximum atomic E-state index is 12.9. The number of benzene rings is 1. The highest BCUT2D eigenvalue weighted by molar-refractivity contribution is 7.99. The van der Waals surface area contributed by atoms with E-state index in [2.05, 4.69) is 15.5 Å². The molecule has 0 radical (unpaired) electrons. The molecule has 0 unspecified atom stereocenters. The summed E-state index contributed by atoms with van der Waals surface area (Å²) in [5, 5.41) is 13.2. The Morgan fingerprint density at radius 2 is 2.06 bits per heavy atom. The van der Waals surface area contributed by atoms with Crippen LogP contribution in [-0.4, -0.2) is 65.6 Å². The Labute approximate surface area is 193 Å². The van der Waals surface area contributed by atoms with Gasteiger partial charge in [0.05, 0.1) is 28.7 Å². The first-order valence-corrected chi connectivity index (χ1v) is 13.0. The first kappa shape index (κ1) is 22.7. The van der Waals surface area contributed by atoms with Crippen molar-refractivity contribution < 1.29 is 17.9 Å². The van der Waals surface area contributed by atoms with E-state index in [-0.39, 0.29) is 16.6 Å². The van der Waals surface area contributed by atoms with Crippen LogP contribution in [0.3, 0.4) is 0 Å². The summed E-state index contributed by atoms with van der Waals surface area (Å²) in [5.41, 5.74) is 1.20. The maximum Gasteiger partial charge on any atom is 0.243 e. The van der Waals surface area contributed by atoms with E-state index in [1.807, 2.05) is 17.5 Å². The standard InChI is InChI=1S/C19H22N6O4S3/c1-13-4-5-14(32(27,28)24-6-8-29-9-7-24)11-15(13)21-17(26)12-31-19-23-22-18(25(19)20)16-3-2-10-30-16/h2-5,10-11H,6-9,12,20H2,1H3,(H,21,26). The highest BCUT2D eigenvalue weighted by atomic mass is 32.2. The van der Waals surface area contributed by atoms with Crippen LogP contribution in [0, 0.1) is 6.92 Å². The molecule has 1 saturated heterocycles. The van der Waals surface area contributed by atoms with Gasteiger partial charge in [-0.05, 0) is 36.1 Å². The number of thiophene rings is 1. The van der Waals surface area contributed by atoms with Gasteiger partial charge in [-0.3, -0.25) is 4.79 Å². The van der Waals surface area contributed by atoms with Crippen LogP contribution >= 0.6 is 23.1 Å². The lowest BCUT2D eigenvalue weighted by atomic mass is 10.2. The Kier molecular flexibility index (Phi) is 6.81. The topological polar surface area (TPSA) is 132 Å². The monoisotopic (exact) mass is 494 g/mol. The molecule has 3 aromatic rings. The Bertz CT molecular complexity index is 1200. The van der Waals surface area contributed by atoms with Gasteiger partial charge in [0.2, 0.25) is 21.1 Å². The molecule has 1 amide bonds. The average Bonchev–Trinajstić information content (AvgIpc) is 3.44. The second-order valence-corrected chi connectivity index (χ2v) is 10.8. The van der Waals surface area contributed by atoms with E-state index in [9.17, 15) is 13.2 Å². The molecule has 0 bridgehead atoms. The number of nitrogens with zero attached hydrogens (tertiary/aromatic N) is 4. The first-order valence-electron chi connectivity index (χ1n) is 9.72. The van der Waals surface area contributed by atoms with Crippen molar-refractivity contribution in [2.45, 2.75) is 17.0 Å². The second kappa shape index (κ2) is 9.58. The number of nitrogens with two attached hydrogens (primary N) is 1. The lowest BCUT2D eigenvalue weighted by molar-refractivity contribution is -0.113. The van der Waals surface area contributed by atoms with Crippen molar-refractivity contribution in [3.8, 4) is 10.7 Å². The number of ether oxygens (including phenoxy) is 1. The number of nitrogen functional groups attached to an aromatic ring is 1. The summed E-state index contributed by atoms with van der Waals surface area (Å²) in [4.78, 5) is 13.6. The molecule has 1 aliphatic rings. The Hall–Kier alpha value is -2.45. The van der Waals surface area contributed by atoms with Gasteiger partial charge in [-0.2, -0.15) is 4.31 Å². The Morgan fingerprint density at radius 1 is 1.28 bits per heavy atom. The normalized spacial score (nSPS) is 15.0. The molecule has 2 aromatic heterocycles. The number of rotatable bonds is 7. The maximum absolute atomic E-state index is 12.9. The minimum Gasteiger partial charge on any atom is -0.379 e. The lowest BCUT2D eigenvalue weighted by Gasteiger charge is -2.26. The van der Waals surface area contributed by atoms with Crippen LogP contribution in [0.4, 0.5) is 5.69 Å². The van der Waals surface area contributed by atoms with Crippen LogP contribution in [0.1, 0.15) is 5.56 Å². The third-order valence-electron chi connectivity index (χ3n) is 4.83. The van der Waals surface area contributed by atoms with E-state index >= 15 is 0 Å². The molecular weight excluding hydrogens is 472 g/mol. The molecule has 1 aliphatic heterocycles. The van der Waals surface area contributed by atoms with Crippen molar-refractivity contribution in [3.63, 3.8) is 0 Å². The zero-order valence-electron chi connectivity index (χ0n) is 17.2. The summed E-state index contributed by atoms with van der Waals surface area (Å²) in [6, 6.07) is 8.50. The molecule has 3 N–H and O–H groups in total. The number of thioether (sulfide) groups is 1. The number of carbonyl (C=O) groups excluding carboxylic acids is 1. The number of morpholine rings is 1. The van der Waals surface area contributed by atoms with Gasteiger partial charge in [0.25, 0.3) is 0 Å². The van der Waals surface area contributed by atoms with Crippen molar-refractivity contribution in [1.29, 1.82) is 0 Å². The van der Waals surface area contributed by atoms with Crippen molar-refractivity contribution >= 4 is 44.7 Å². The number of anilines is 1. The van der Waals surface area contributed by atoms with Crippen LogP contribution in [-0.2, 0) is 19.6 Å². The second-order valence-electron chi connectivity index (χ2n) is 6.98. The number of nitrogens with one attached hydrogen (secondary N) is 1. The van der Waals surface area contributed by atoms with Crippen molar-refractivity contribution in [1.82, 2.24) is 19.2 Å². The van der Waals surface area contributed by atoms with Gasteiger partial charge >= 0.3 is 0 Å². The fourth-order valence-electron chi connectivity index (χ4n) is 3.10. The summed E-state index contributed by atoms with van der Waals surface area (Å²) in [6.07, 6.45) is 0. The molecule has 4 rings (SSSR count). The van der Waals surface area contributed by atoms with Gasteiger partial charge in [0.1, 0.15) is 0 Å². The summed E-state index contributed by atoms with van der Waals surface area (Å²) >= 11 is 2.64. The zero-order chi connectivity index (χ0) is 22.7. The molecule has 0 aliphatic carbocycles. The van der Waals surface area contributed by atoms with Crippen molar-refractivity contribution in [2.75, 3.05) is 43.2 Å². The van der Waals surface area contributed by atoms with E-state index < -0.39 is 10.0 Å². The molecule has 1 fully saturated rings. The first-order chi connectivity index (χ1) is 15.4. The molecule has 1 aromatic carbocycles. The van der Waals surface area contributed by atoms with Gasteiger partial charge in [0, 0.05) is 18.8 Å². The SMILES string of the molecule is Cc1ccc(S(=O)(=O)N2CCOCC2)cc1NC(=O)CSc1nnc(-c2cccs2)n1N. The largest absolute Gasteiger partial charge is 0.379 e. The third-order valence-corrected chi connectivity index (χ3v) is 8.53. The van der Waals surface area contributed by atoms with Gasteiger partial charge in [0.15, 0.2) is 5.82 Å². The summed E-state index contributed by atoms with van der Waals surface area (Å²) < 4.78 is 33.8. The number of hydrogen-bond donors (Lipinski definition) is 2. The molecule has 32 heavy (non-hydrogen) atoms. The number of sulfonamides is 1. The highest BCUT2D eigenvalue weighted by Crippen LogP contribution is 2.26. The zero-order valence-corrected chi connectivity index (χ0v) is 19.7. The predicted octanol–water partition coefficient (Wildman–Crippen LogP) is 1.78. The summed E-state index contributed by atoms with van der Waals surface area (Å²) in [6.45, 7) is 3.15. The molecular formula is C19H22N6O4S3. The lowest BCUT2D eigenvalue weighted by Crippen LogP contribution is -2.40. The predicted molar refractivity (Wildman–Crippen MR) is 124 cm³/mol. The van der Waals surface area contributed by atoms with E-state index in [0.717, 1.165) is 22.2 Å². The molecule has 10 nitrogen and oxygen atoms in total. The van der Waals surface area contributed by atoms with Gasteiger partial charge in [-0.15, -0.1) is 21.5 Å². The van der Waals surface area contributed by atoms with Gasteiger partial charge in [-0.1, -0.05) is 23.9 Å². The Morgan fingerprint density at radius 3 is 2.78 bits per heavy atom. The van der Waals surface area contributed by atoms with Gasteiger partial charge < -0.3 is 15.9 Å². The molecule has 0 spiro atoms. The summed E-state index contributed by atoms with van der Waals surface area (Å²) in [7, 11) is -3.66. The number of carbonyl (C=O) groups is 1. The van der Waals surface area contributed by atoms with Gasteiger partial charge in [-0.25, -0.2) is 13.1 Å². The van der Waals surface area contributed by atoms with E-state index in [4.69, 9.17) is 10.6 Å². The average molecular weight is 495 g/mol. The molecule has 0 saturated carbocycles. The van der Waals surface area contributed by atoms with Crippen LogP contribution in [0.2, 0.25) is 0 Å². The fraction of sp³-hybridized carbons (Fsp3) is 0.316. The number of amides is 1. The highest BCUT2D eigenvalue weighted by Gasteiger charge is 2.27. The molecule has 0 atom stereocenters. The van der Waals surface area contributed by atoms with E-state index in [1.165, 1.54) is 26.4 Å².